The van der Waals surface area contributed by atoms with E-state index >= 15 is 0 Å². The van der Waals surface area contributed by atoms with Crippen LogP contribution in [0.2, 0.25) is 30.8 Å². The minimum atomic E-state index is -4.57. The van der Waals surface area contributed by atoms with E-state index in [1.165, 1.54) is 18.3 Å². The number of ether oxygens (including phenoxy) is 1. The van der Waals surface area contributed by atoms with Crippen LogP contribution >= 0.6 is 11.6 Å². The van der Waals surface area contributed by atoms with Crippen molar-refractivity contribution in [3.05, 3.63) is 70.9 Å². The maximum atomic E-state index is 13.1. The summed E-state index contributed by atoms with van der Waals surface area (Å²) in [6, 6.07) is 8.84. The highest BCUT2D eigenvalue weighted by atomic mass is 35.5. The lowest BCUT2D eigenvalue weighted by Crippen LogP contribution is -2.40. The topological polar surface area (TPSA) is 128 Å². The highest BCUT2D eigenvalue weighted by Gasteiger charge is 2.32. The molecule has 1 aliphatic heterocycles. The highest BCUT2D eigenvalue weighted by Crippen LogP contribution is 2.36. The van der Waals surface area contributed by atoms with Gasteiger partial charge in [-0.25, -0.2) is 19.7 Å². The van der Waals surface area contributed by atoms with Gasteiger partial charge in [-0.2, -0.15) is 13.2 Å². The molecule has 0 saturated carbocycles. The molecule has 3 N–H and O–H groups in total. The monoisotopic (exact) mass is 659 g/mol. The van der Waals surface area contributed by atoms with Crippen molar-refractivity contribution in [2.75, 3.05) is 30.7 Å². The number of nitrogens with zero attached hydrogens (tertiary/aromatic N) is 5. The smallest absolute Gasteiger partial charge is 0.416 e. The van der Waals surface area contributed by atoms with Crippen molar-refractivity contribution in [3.63, 3.8) is 0 Å². The number of hydrogen-bond acceptors (Lipinski definition) is 7. The lowest BCUT2D eigenvalue weighted by molar-refractivity contribution is -0.137. The molecule has 1 aliphatic rings. The van der Waals surface area contributed by atoms with Crippen molar-refractivity contribution < 1.29 is 27.5 Å². The molecule has 3 aromatic heterocycles. The average Bonchev–Trinajstić information content (AvgIpc) is 3.40. The summed E-state index contributed by atoms with van der Waals surface area (Å²) in [5.41, 5.74) is 7.17. The number of pyridine rings is 1. The van der Waals surface area contributed by atoms with Crippen LogP contribution in [0.1, 0.15) is 40.5 Å². The second-order valence-corrected chi connectivity index (χ2v) is 18.1. The summed E-state index contributed by atoms with van der Waals surface area (Å²) in [4.78, 5) is 40.4. The van der Waals surface area contributed by atoms with Gasteiger partial charge in [0.1, 0.15) is 33.8 Å². The van der Waals surface area contributed by atoms with Crippen molar-refractivity contribution in [1.29, 1.82) is 0 Å². The third-order valence-electron chi connectivity index (χ3n) is 7.54. The number of halogens is 4. The number of hydrogen-bond donors (Lipinski definition) is 2. The quantitative estimate of drug-likeness (QED) is 0.206. The van der Waals surface area contributed by atoms with Crippen molar-refractivity contribution >= 4 is 48.8 Å². The van der Waals surface area contributed by atoms with Gasteiger partial charge >= 0.3 is 12.3 Å². The Labute approximate surface area is 263 Å². The Morgan fingerprint density at radius 2 is 1.89 bits per heavy atom. The zero-order valence-corrected chi connectivity index (χ0v) is 26.7. The fourth-order valence-corrected chi connectivity index (χ4v) is 6.07. The van der Waals surface area contributed by atoms with E-state index < -0.39 is 25.7 Å². The summed E-state index contributed by atoms with van der Waals surface area (Å²) in [5, 5.41) is 2.70. The minimum absolute atomic E-state index is 0.158. The molecule has 1 aromatic carbocycles. The van der Waals surface area contributed by atoms with Gasteiger partial charge in [-0.05, 0) is 43.2 Å². The Balaban J connectivity index is 1.39. The second-order valence-electron chi connectivity index (χ2n) is 12.1. The van der Waals surface area contributed by atoms with Gasteiger partial charge in [0, 0.05) is 44.4 Å². The number of alkyl halides is 3. The van der Waals surface area contributed by atoms with Gasteiger partial charge in [0.05, 0.1) is 18.4 Å². The number of carbonyl (C=O) groups is 2. The van der Waals surface area contributed by atoms with Gasteiger partial charge in [-0.1, -0.05) is 43.4 Å². The molecule has 0 radical (unpaired) electrons. The number of likely N-dealkylation sites (tertiary alicyclic amines) is 1. The molecular weight excluding hydrogens is 627 g/mol. The number of imidazole rings is 1. The number of aromatic nitrogens is 4. The van der Waals surface area contributed by atoms with E-state index in [1.54, 1.807) is 21.4 Å². The Kier molecular flexibility index (Phi) is 9.08. The number of nitrogens with one attached hydrogen (secondary N) is 1. The van der Waals surface area contributed by atoms with Crippen molar-refractivity contribution in [2.24, 2.45) is 0 Å². The van der Waals surface area contributed by atoms with Crippen LogP contribution in [-0.2, 0) is 10.9 Å². The zero-order chi connectivity index (χ0) is 32.5. The molecule has 0 bridgehead atoms. The second kappa shape index (κ2) is 12.7. The first-order valence-electron chi connectivity index (χ1n) is 14.4. The molecule has 45 heavy (non-hydrogen) atoms. The van der Waals surface area contributed by atoms with E-state index in [4.69, 9.17) is 27.1 Å². The molecule has 1 fully saturated rings. The highest BCUT2D eigenvalue weighted by molar-refractivity contribution is 6.76. The number of rotatable bonds is 7. The predicted molar refractivity (Wildman–Crippen MR) is 168 cm³/mol. The lowest BCUT2D eigenvalue weighted by atomic mass is 9.97. The Morgan fingerprint density at radius 1 is 1.16 bits per heavy atom. The third kappa shape index (κ3) is 7.39. The van der Waals surface area contributed by atoms with Crippen molar-refractivity contribution in [1.82, 2.24) is 24.3 Å². The SMILES string of the molecule is C[Si](C)(C)CCOC(=O)N1CCC[C@@H](c2nc(-c3ccc(C(=O)Nc4cc(C(F)(F)F)ccn4)cc3)c3c(N)ncc(Cl)n23)C1. The van der Waals surface area contributed by atoms with Gasteiger partial charge in [-0.15, -0.1) is 0 Å². The first kappa shape index (κ1) is 32.2. The number of benzene rings is 1. The molecule has 0 unspecified atom stereocenters. The number of nitrogen functional groups attached to an aromatic ring is 1. The number of nitrogens with two attached hydrogens (primary N) is 1. The number of fused-ring (bicyclic) bond motifs is 1. The molecule has 1 atom stereocenters. The fourth-order valence-electron chi connectivity index (χ4n) is 5.14. The zero-order valence-electron chi connectivity index (χ0n) is 25.0. The maximum Gasteiger partial charge on any atom is 0.416 e. The molecule has 2 amide bonds. The summed E-state index contributed by atoms with van der Waals surface area (Å²) < 4.78 is 46.5. The molecule has 10 nitrogen and oxygen atoms in total. The van der Waals surface area contributed by atoms with E-state index in [2.05, 4.69) is 34.9 Å². The van der Waals surface area contributed by atoms with Crippen molar-refractivity contribution in [3.8, 4) is 11.3 Å². The van der Waals surface area contributed by atoms with Crippen LogP contribution in [0.5, 0.6) is 0 Å². The predicted octanol–water partition coefficient (Wildman–Crippen LogP) is 6.95. The number of amides is 2. The van der Waals surface area contributed by atoms with Crippen LogP contribution in [0.4, 0.5) is 29.6 Å². The van der Waals surface area contributed by atoms with Crippen LogP contribution in [0.25, 0.3) is 16.8 Å². The van der Waals surface area contributed by atoms with Crippen LogP contribution in [-0.4, -0.2) is 64.0 Å². The summed E-state index contributed by atoms with van der Waals surface area (Å²) >= 11 is 6.62. The molecule has 0 aliphatic carbocycles. The maximum absolute atomic E-state index is 13.1. The van der Waals surface area contributed by atoms with Gasteiger partial charge in [0.25, 0.3) is 5.91 Å². The minimum Gasteiger partial charge on any atom is -0.450 e. The molecular formula is C30H33ClF3N7O3Si. The van der Waals surface area contributed by atoms with Gasteiger partial charge in [0.2, 0.25) is 0 Å². The Hall–Kier alpha value is -4.17. The van der Waals surface area contributed by atoms with E-state index in [0.29, 0.717) is 47.4 Å². The number of piperidine rings is 1. The normalized spacial score (nSPS) is 15.7. The van der Waals surface area contributed by atoms with Crippen LogP contribution in [0.15, 0.2) is 48.8 Å². The summed E-state index contributed by atoms with van der Waals surface area (Å²) in [5.74, 6) is -0.195. The molecule has 15 heteroatoms. The fraction of sp³-hybridized carbons (Fsp3) is 0.367. The van der Waals surface area contributed by atoms with Gasteiger partial charge in [0.15, 0.2) is 0 Å². The summed E-state index contributed by atoms with van der Waals surface area (Å²) in [6.07, 6.45) is -0.975. The van der Waals surface area contributed by atoms with Crippen LogP contribution in [0.3, 0.4) is 0 Å². The molecule has 5 rings (SSSR count). The average molecular weight is 660 g/mol. The summed E-state index contributed by atoms with van der Waals surface area (Å²) in [6.45, 7) is 8.04. The van der Waals surface area contributed by atoms with E-state index in [1.807, 2.05) is 0 Å². The van der Waals surface area contributed by atoms with Crippen molar-refractivity contribution in [2.45, 2.75) is 50.6 Å². The third-order valence-corrected chi connectivity index (χ3v) is 9.51. The van der Waals surface area contributed by atoms with Crippen LogP contribution < -0.4 is 11.1 Å². The Morgan fingerprint density at radius 3 is 2.58 bits per heavy atom. The molecule has 4 heterocycles. The van der Waals surface area contributed by atoms with E-state index in [9.17, 15) is 22.8 Å². The Bertz CT molecular complexity index is 1730. The van der Waals surface area contributed by atoms with Gasteiger partial charge < -0.3 is 20.7 Å². The summed E-state index contributed by atoms with van der Waals surface area (Å²) in [7, 11) is -1.35. The van der Waals surface area contributed by atoms with Crippen LogP contribution in [0, 0.1) is 0 Å². The molecule has 1 saturated heterocycles. The first-order chi connectivity index (χ1) is 21.2. The molecule has 0 spiro atoms. The van der Waals surface area contributed by atoms with Gasteiger partial charge in [-0.3, -0.25) is 9.20 Å². The lowest BCUT2D eigenvalue weighted by Gasteiger charge is -2.31. The number of carbonyl (C=O) groups excluding carboxylic acids is 2. The molecule has 4 aromatic rings. The van der Waals surface area contributed by atoms with E-state index in [-0.39, 0.29) is 29.2 Å². The first-order valence-corrected chi connectivity index (χ1v) is 18.5. The standard InChI is InChI=1S/C30H33ClF3N7O3Si/c1-45(2,3)14-13-44-29(43)40-12-4-5-20(17-40)27-39-24(25-26(35)37-16-22(31)41(25)27)18-6-8-19(9-7-18)28(42)38-23-15-21(10-11-36-23)30(32,33)34/h6-11,15-16,20H,4-5,12-14,17H2,1-3H3,(H2,35,37)(H,36,38,42)/t20-/m1/s1. The van der Waals surface area contributed by atoms with E-state index in [0.717, 1.165) is 37.2 Å². The molecule has 238 valence electrons. The largest absolute Gasteiger partial charge is 0.450 e. The number of anilines is 2.